The number of aryl methyl sites for hydroxylation is 3. The Morgan fingerprint density at radius 3 is 2.12 bits per heavy atom. The van der Waals surface area contributed by atoms with Gasteiger partial charge in [-0.05, 0) is 48.6 Å². The second-order valence-electron chi connectivity index (χ2n) is 7.32. The summed E-state index contributed by atoms with van der Waals surface area (Å²) in [5.41, 5.74) is 5.14. The van der Waals surface area contributed by atoms with E-state index in [1.165, 1.54) is 16.7 Å². The highest BCUT2D eigenvalue weighted by Crippen LogP contribution is 2.43. The van der Waals surface area contributed by atoms with Crippen molar-refractivity contribution in [2.75, 3.05) is 6.26 Å². The van der Waals surface area contributed by atoms with E-state index in [0.29, 0.717) is 18.4 Å². The molecule has 1 unspecified atom stereocenters. The molecular weight excluding hydrogens is 316 g/mol. The van der Waals surface area contributed by atoms with Crippen molar-refractivity contribution in [1.82, 2.24) is 0 Å². The van der Waals surface area contributed by atoms with Crippen molar-refractivity contribution in [1.29, 1.82) is 0 Å². The number of aliphatic hydroxyl groups is 1. The molecule has 1 aliphatic carbocycles. The summed E-state index contributed by atoms with van der Waals surface area (Å²) in [5.74, 6) is 0.565. The topological polar surface area (TPSA) is 37.3 Å². The molecule has 1 atom stereocenters. The quantitative estimate of drug-likeness (QED) is 0.764. The van der Waals surface area contributed by atoms with Crippen molar-refractivity contribution in [2.45, 2.75) is 65.0 Å². The minimum Gasteiger partial charge on any atom is -0.512 e. The lowest BCUT2D eigenvalue weighted by Gasteiger charge is -2.36. The third kappa shape index (κ3) is 3.56. The third-order valence-electron chi connectivity index (χ3n) is 5.41. The summed E-state index contributed by atoms with van der Waals surface area (Å²) in [5, 5.41) is 10.8. The maximum Gasteiger partial charge on any atom is 0.167 e. The fourth-order valence-electron chi connectivity index (χ4n) is 3.66. The van der Waals surface area contributed by atoms with E-state index >= 15 is 0 Å². The fraction of sp³-hybridized carbons (Fsp3) is 0.571. The van der Waals surface area contributed by atoms with Crippen molar-refractivity contribution in [3.63, 3.8) is 0 Å². The van der Waals surface area contributed by atoms with Crippen molar-refractivity contribution in [2.24, 2.45) is 5.92 Å². The fourth-order valence-corrected chi connectivity index (χ4v) is 4.16. The second kappa shape index (κ2) is 7.35. The van der Waals surface area contributed by atoms with Gasteiger partial charge in [-0.3, -0.25) is 4.79 Å². The van der Waals surface area contributed by atoms with E-state index in [4.69, 9.17) is 0 Å². The summed E-state index contributed by atoms with van der Waals surface area (Å²) in [6.45, 7) is 10.6. The normalized spacial score (nSPS) is 19.1. The van der Waals surface area contributed by atoms with Gasteiger partial charge in [0.05, 0.1) is 5.57 Å². The lowest BCUT2D eigenvalue weighted by Crippen LogP contribution is -2.33. The number of hydrogen-bond acceptors (Lipinski definition) is 3. The van der Waals surface area contributed by atoms with E-state index in [-0.39, 0.29) is 22.2 Å². The second-order valence-corrected chi connectivity index (χ2v) is 8.78. The average molecular weight is 347 g/mol. The standard InChI is InChI=1S/C21H30O2S/c1-7-14-9-13(3)10-15(8-2)19(14)20-17(22)11-16(12-18(20)23)21(4,5)24-6/h9-10,16,22H,7-8,11-12H2,1-6H3. The Balaban J connectivity index is 2.57. The first-order chi connectivity index (χ1) is 11.2. The summed E-state index contributed by atoms with van der Waals surface area (Å²) in [6, 6.07) is 4.31. The van der Waals surface area contributed by atoms with Crippen LogP contribution in [0.15, 0.2) is 17.9 Å². The van der Waals surface area contributed by atoms with Gasteiger partial charge in [-0.2, -0.15) is 11.8 Å². The van der Waals surface area contributed by atoms with Crippen LogP contribution in [0.4, 0.5) is 0 Å². The molecule has 0 saturated heterocycles. The SMILES string of the molecule is CCc1cc(C)cc(CC)c1C1=C(O)CC(C(C)(C)SC)CC1=O. The van der Waals surface area contributed by atoms with Gasteiger partial charge >= 0.3 is 0 Å². The third-order valence-corrected chi connectivity index (χ3v) is 6.79. The Bertz CT molecular complexity index is 645. The van der Waals surface area contributed by atoms with Gasteiger partial charge in [0.2, 0.25) is 0 Å². The highest BCUT2D eigenvalue weighted by Gasteiger charge is 2.38. The van der Waals surface area contributed by atoms with Crippen LogP contribution < -0.4 is 0 Å². The Kier molecular flexibility index (Phi) is 5.85. The van der Waals surface area contributed by atoms with Gasteiger partial charge < -0.3 is 5.11 Å². The Morgan fingerprint density at radius 2 is 1.71 bits per heavy atom. The van der Waals surface area contributed by atoms with E-state index in [2.05, 4.69) is 53.0 Å². The molecule has 0 spiro atoms. The van der Waals surface area contributed by atoms with Gasteiger partial charge in [0.25, 0.3) is 0 Å². The number of ketones is 1. The molecule has 1 N–H and O–H groups in total. The van der Waals surface area contributed by atoms with Gasteiger partial charge in [0.1, 0.15) is 5.76 Å². The highest BCUT2D eigenvalue weighted by molar-refractivity contribution is 7.99. The molecule has 132 valence electrons. The Morgan fingerprint density at radius 1 is 1.17 bits per heavy atom. The number of hydrogen-bond donors (Lipinski definition) is 1. The molecule has 0 radical (unpaired) electrons. The number of carbonyl (C=O) groups is 1. The van der Waals surface area contributed by atoms with Crippen LogP contribution in [0.5, 0.6) is 0 Å². The molecule has 0 amide bonds. The summed E-state index contributed by atoms with van der Waals surface area (Å²) in [7, 11) is 0. The number of thioether (sulfide) groups is 1. The van der Waals surface area contributed by atoms with Gasteiger partial charge in [-0.15, -0.1) is 0 Å². The molecule has 2 rings (SSSR count). The van der Waals surface area contributed by atoms with E-state index in [9.17, 15) is 9.90 Å². The summed E-state index contributed by atoms with van der Waals surface area (Å²) in [6.07, 6.45) is 4.93. The molecule has 1 aromatic carbocycles. The lowest BCUT2D eigenvalue weighted by atomic mass is 9.76. The molecule has 2 nitrogen and oxygen atoms in total. The zero-order chi connectivity index (χ0) is 18.1. The highest BCUT2D eigenvalue weighted by atomic mass is 32.2. The number of rotatable bonds is 5. The maximum atomic E-state index is 13.0. The lowest BCUT2D eigenvalue weighted by molar-refractivity contribution is -0.115. The van der Waals surface area contributed by atoms with Crippen LogP contribution in [-0.4, -0.2) is 21.9 Å². The predicted molar refractivity (Wildman–Crippen MR) is 105 cm³/mol. The molecule has 0 aromatic heterocycles. The molecule has 0 aliphatic heterocycles. The minimum absolute atomic E-state index is 0.0103. The molecule has 1 aliphatic rings. The number of aliphatic hydroxyl groups excluding tert-OH is 1. The molecule has 24 heavy (non-hydrogen) atoms. The predicted octanol–water partition coefficient (Wildman–Crippen LogP) is 5.51. The summed E-state index contributed by atoms with van der Waals surface area (Å²) >= 11 is 1.77. The molecule has 0 saturated carbocycles. The van der Waals surface area contributed by atoms with Gasteiger partial charge in [0.15, 0.2) is 5.78 Å². The van der Waals surface area contributed by atoms with Gasteiger partial charge in [-0.25, -0.2) is 0 Å². The molecule has 3 heteroatoms. The number of carbonyl (C=O) groups excluding carboxylic acids is 1. The molecule has 1 aromatic rings. The zero-order valence-electron chi connectivity index (χ0n) is 15.8. The van der Waals surface area contributed by atoms with Crippen LogP contribution in [0.3, 0.4) is 0 Å². The van der Waals surface area contributed by atoms with E-state index < -0.39 is 0 Å². The van der Waals surface area contributed by atoms with Crippen LogP contribution in [-0.2, 0) is 17.6 Å². The molecule has 0 heterocycles. The zero-order valence-corrected chi connectivity index (χ0v) is 16.6. The van der Waals surface area contributed by atoms with Crippen molar-refractivity contribution in [3.05, 3.63) is 40.1 Å². The summed E-state index contributed by atoms with van der Waals surface area (Å²) in [4.78, 5) is 13.0. The van der Waals surface area contributed by atoms with Gasteiger partial charge in [0, 0.05) is 17.6 Å². The first-order valence-electron chi connectivity index (χ1n) is 8.88. The number of Topliss-reactive ketones (excluding diaryl/α,β-unsaturated/α-hetero) is 1. The maximum absolute atomic E-state index is 13.0. The molecule has 0 bridgehead atoms. The van der Waals surface area contributed by atoms with Crippen molar-refractivity contribution >= 4 is 23.1 Å². The largest absolute Gasteiger partial charge is 0.512 e. The van der Waals surface area contributed by atoms with E-state index in [1.54, 1.807) is 11.8 Å². The first kappa shape index (κ1) is 19.1. The van der Waals surface area contributed by atoms with Crippen LogP contribution in [0, 0.1) is 12.8 Å². The monoisotopic (exact) mass is 346 g/mol. The molecular formula is C21H30O2S. The average Bonchev–Trinajstić information content (AvgIpc) is 2.54. The first-order valence-corrected chi connectivity index (χ1v) is 10.1. The van der Waals surface area contributed by atoms with Crippen LogP contribution in [0.25, 0.3) is 5.57 Å². The number of benzene rings is 1. The van der Waals surface area contributed by atoms with Crippen LogP contribution in [0.1, 0.15) is 62.8 Å². The number of allylic oxidation sites excluding steroid dienone is 2. The van der Waals surface area contributed by atoms with E-state index in [1.807, 2.05) is 0 Å². The minimum atomic E-state index is -0.0103. The summed E-state index contributed by atoms with van der Waals surface area (Å²) < 4.78 is -0.0103. The van der Waals surface area contributed by atoms with Gasteiger partial charge in [-0.1, -0.05) is 45.4 Å². The van der Waals surface area contributed by atoms with Crippen molar-refractivity contribution in [3.8, 4) is 0 Å². The Hall–Kier alpha value is -1.22. The Labute approximate surface area is 150 Å². The van der Waals surface area contributed by atoms with Crippen LogP contribution >= 0.6 is 11.8 Å². The molecule has 0 fully saturated rings. The van der Waals surface area contributed by atoms with Crippen LogP contribution in [0.2, 0.25) is 0 Å². The smallest absolute Gasteiger partial charge is 0.167 e. The van der Waals surface area contributed by atoms with E-state index in [0.717, 1.165) is 18.4 Å². The van der Waals surface area contributed by atoms with Crippen molar-refractivity contribution < 1.29 is 9.90 Å².